The number of anilines is 1. The highest BCUT2D eigenvalue weighted by Crippen LogP contribution is 2.32. The maximum atomic E-state index is 14.5. The van der Waals surface area contributed by atoms with E-state index in [1.807, 2.05) is 24.3 Å². The highest BCUT2D eigenvalue weighted by atomic mass is 35.5. The first kappa shape index (κ1) is 22.9. The van der Waals surface area contributed by atoms with Crippen LogP contribution in [0.15, 0.2) is 73.1 Å². The molecule has 1 aliphatic carbocycles. The number of nitrogens with zero attached hydrogens (tertiary/aromatic N) is 1. The van der Waals surface area contributed by atoms with Crippen molar-refractivity contribution in [2.75, 3.05) is 12.4 Å². The molecule has 2 atom stereocenters. The number of nitrogens with one attached hydrogen (secondary N) is 1. The van der Waals surface area contributed by atoms with Crippen LogP contribution in [-0.2, 0) is 9.53 Å². The van der Waals surface area contributed by atoms with Gasteiger partial charge in [0.25, 0.3) is 0 Å². The van der Waals surface area contributed by atoms with E-state index in [0.717, 1.165) is 25.7 Å². The molecule has 31 heavy (non-hydrogen) atoms. The SMILES string of the molecule is COC1CCCCC1C(=O)Nc1ccc(-c2ccccc2Cl)c(F)c1.c1ccncc1. The van der Waals surface area contributed by atoms with Gasteiger partial charge < -0.3 is 10.1 Å². The number of carbonyl (C=O) groups excluding carboxylic acids is 1. The predicted octanol–water partition coefficient (Wildman–Crippen LogP) is 6.37. The summed E-state index contributed by atoms with van der Waals surface area (Å²) in [6.07, 6.45) is 7.20. The summed E-state index contributed by atoms with van der Waals surface area (Å²) in [5.41, 5.74) is 1.49. The van der Waals surface area contributed by atoms with Gasteiger partial charge in [0.05, 0.1) is 12.0 Å². The van der Waals surface area contributed by atoms with Crippen molar-refractivity contribution in [3.8, 4) is 11.1 Å². The second kappa shape index (κ2) is 11.6. The highest BCUT2D eigenvalue weighted by Gasteiger charge is 2.31. The smallest absolute Gasteiger partial charge is 0.230 e. The van der Waals surface area contributed by atoms with Crippen molar-refractivity contribution in [3.05, 3.63) is 83.9 Å². The zero-order chi connectivity index (χ0) is 22.1. The van der Waals surface area contributed by atoms with E-state index in [9.17, 15) is 9.18 Å². The van der Waals surface area contributed by atoms with Gasteiger partial charge in [0, 0.05) is 41.3 Å². The summed E-state index contributed by atoms with van der Waals surface area (Å²) in [6, 6.07) is 17.5. The van der Waals surface area contributed by atoms with Gasteiger partial charge >= 0.3 is 0 Å². The van der Waals surface area contributed by atoms with Gasteiger partial charge in [-0.05, 0) is 49.2 Å². The first-order valence-corrected chi connectivity index (χ1v) is 10.7. The molecule has 3 aromatic rings. The summed E-state index contributed by atoms with van der Waals surface area (Å²) >= 11 is 6.14. The van der Waals surface area contributed by atoms with Crippen molar-refractivity contribution >= 4 is 23.2 Å². The summed E-state index contributed by atoms with van der Waals surface area (Å²) < 4.78 is 19.9. The van der Waals surface area contributed by atoms with Gasteiger partial charge in [-0.15, -0.1) is 0 Å². The second-order valence-corrected chi connectivity index (χ2v) is 7.76. The molecule has 0 spiro atoms. The molecule has 0 aliphatic heterocycles. The molecule has 0 saturated heterocycles. The summed E-state index contributed by atoms with van der Waals surface area (Å²) in [5.74, 6) is -0.723. The summed E-state index contributed by atoms with van der Waals surface area (Å²) in [4.78, 5) is 16.3. The average Bonchev–Trinajstić information content (AvgIpc) is 2.81. The Labute approximate surface area is 187 Å². The van der Waals surface area contributed by atoms with Gasteiger partial charge in [-0.3, -0.25) is 9.78 Å². The number of pyridine rings is 1. The van der Waals surface area contributed by atoms with Gasteiger partial charge in [0.1, 0.15) is 5.82 Å². The van der Waals surface area contributed by atoms with Crippen molar-refractivity contribution in [3.63, 3.8) is 0 Å². The van der Waals surface area contributed by atoms with Crippen LogP contribution >= 0.6 is 11.6 Å². The molecule has 2 unspecified atom stereocenters. The number of hydrogen-bond acceptors (Lipinski definition) is 3. The van der Waals surface area contributed by atoms with Gasteiger partial charge in [-0.1, -0.05) is 48.7 Å². The Morgan fingerprint density at radius 2 is 1.77 bits per heavy atom. The molecule has 0 radical (unpaired) electrons. The molecule has 6 heteroatoms. The molecule has 2 aromatic carbocycles. The number of methoxy groups -OCH3 is 1. The van der Waals surface area contributed by atoms with Gasteiger partial charge in [-0.25, -0.2) is 4.39 Å². The second-order valence-electron chi connectivity index (χ2n) is 7.35. The minimum absolute atomic E-state index is 0.0685. The Bertz CT molecular complexity index is 958. The number of benzene rings is 2. The number of aromatic nitrogens is 1. The van der Waals surface area contributed by atoms with Crippen LogP contribution < -0.4 is 5.32 Å². The van der Waals surface area contributed by atoms with Crippen molar-refractivity contribution in [1.82, 2.24) is 4.98 Å². The Morgan fingerprint density at radius 3 is 2.39 bits per heavy atom. The van der Waals surface area contributed by atoms with Crippen LogP contribution in [-0.4, -0.2) is 24.1 Å². The summed E-state index contributed by atoms with van der Waals surface area (Å²) in [5, 5.41) is 3.31. The molecule has 1 saturated carbocycles. The van der Waals surface area contributed by atoms with E-state index in [0.29, 0.717) is 21.8 Å². The predicted molar refractivity (Wildman–Crippen MR) is 122 cm³/mol. The standard InChI is InChI=1S/C20H21ClFNO2.C5H5N/c1-25-19-9-5-3-7-16(19)20(24)23-13-10-11-15(18(22)12-13)14-6-2-4-8-17(14)21;1-2-4-6-5-3-1/h2,4,6,8,10-12,16,19H,3,5,7,9H2,1H3,(H,23,24);1-5H. The van der Waals surface area contributed by atoms with Crippen LogP contribution in [0, 0.1) is 11.7 Å². The van der Waals surface area contributed by atoms with E-state index in [1.54, 1.807) is 49.8 Å². The zero-order valence-corrected chi connectivity index (χ0v) is 18.2. The lowest BCUT2D eigenvalue weighted by Gasteiger charge is -2.29. The third-order valence-electron chi connectivity index (χ3n) is 5.31. The molecule has 4 nitrogen and oxygen atoms in total. The molecule has 1 fully saturated rings. The van der Waals surface area contributed by atoms with Crippen LogP contribution in [0.2, 0.25) is 5.02 Å². The number of hydrogen-bond donors (Lipinski definition) is 1. The summed E-state index contributed by atoms with van der Waals surface area (Å²) in [7, 11) is 1.63. The van der Waals surface area contributed by atoms with Crippen LogP contribution in [0.25, 0.3) is 11.1 Å². The van der Waals surface area contributed by atoms with Crippen molar-refractivity contribution < 1.29 is 13.9 Å². The molecule has 162 valence electrons. The fourth-order valence-corrected chi connectivity index (χ4v) is 3.95. The molecule has 1 amide bonds. The Kier molecular flexibility index (Phi) is 8.56. The van der Waals surface area contributed by atoms with Gasteiger partial charge in [0.15, 0.2) is 0 Å². The first-order valence-electron chi connectivity index (χ1n) is 10.3. The van der Waals surface area contributed by atoms with E-state index >= 15 is 0 Å². The van der Waals surface area contributed by atoms with Crippen LogP contribution in [0.1, 0.15) is 25.7 Å². The number of amides is 1. The molecule has 4 rings (SSSR count). The van der Waals surface area contributed by atoms with E-state index in [1.165, 1.54) is 6.07 Å². The monoisotopic (exact) mass is 440 g/mol. The molecule has 1 aliphatic rings. The third-order valence-corrected chi connectivity index (χ3v) is 5.64. The quantitative estimate of drug-likeness (QED) is 0.512. The van der Waals surface area contributed by atoms with Crippen molar-refractivity contribution in [2.45, 2.75) is 31.8 Å². The maximum Gasteiger partial charge on any atom is 0.230 e. The number of rotatable bonds is 4. The van der Waals surface area contributed by atoms with E-state index in [4.69, 9.17) is 16.3 Å². The number of ether oxygens (including phenoxy) is 1. The lowest BCUT2D eigenvalue weighted by molar-refractivity contribution is -0.126. The maximum absolute atomic E-state index is 14.5. The van der Waals surface area contributed by atoms with E-state index < -0.39 is 5.82 Å². The first-order chi connectivity index (χ1) is 15.1. The highest BCUT2D eigenvalue weighted by molar-refractivity contribution is 6.33. The lowest BCUT2D eigenvalue weighted by atomic mass is 9.85. The fourth-order valence-electron chi connectivity index (χ4n) is 3.72. The van der Waals surface area contributed by atoms with E-state index in [2.05, 4.69) is 10.3 Å². The van der Waals surface area contributed by atoms with Crippen molar-refractivity contribution in [2.24, 2.45) is 5.92 Å². The van der Waals surface area contributed by atoms with Crippen LogP contribution in [0.3, 0.4) is 0 Å². The molecule has 1 heterocycles. The Balaban J connectivity index is 0.000000391. The van der Waals surface area contributed by atoms with Gasteiger partial charge in [0.2, 0.25) is 5.91 Å². The molecular weight excluding hydrogens is 415 g/mol. The van der Waals surface area contributed by atoms with Crippen LogP contribution in [0.4, 0.5) is 10.1 Å². The Morgan fingerprint density at radius 1 is 1.03 bits per heavy atom. The molecule has 1 aromatic heterocycles. The average molecular weight is 441 g/mol. The topological polar surface area (TPSA) is 51.2 Å². The van der Waals surface area contributed by atoms with E-state index in [-0.39, 0.29) is 17.9 Å². The van der Waals surface area contributed by atoms with Gasteiger partial charge in [-0.2, -0.15) is 0 Å². The minimum Gasteiger partial charge on any atom is -0.381 e. The normalized spacial score (nSPS) is 17.9. The van der Waals surface area contributed by atoms with Crippen molar-refractivity contribution in [1.29, 1.82) is 0 Å². The zero-order valence-electron chi connectivity index (χ0n) is 17.4. The van der Waals surface area contributed by atoms with Crippen LogP contribution in [0.5, 0.6) is 0 Å². The fraction of sp³-hybridized carbons (Fsp3) is 0.280. The Hall–Kier alpha value is -2.76. The largest absolute Gasteiger partial charge is 0.381 e. The third kappa shape index (κ3) is 6.36. The minimum atomic E-state index is -0.419. The lowest BCUT2D eigenvalue weighted by Crippen LogP contribution is -2.36. The summed E-state index contributed by atoms with van der Waals surface area (Å²) in [6.45, 7) is 0. The number of halogens is 2. The molecule has 0 bridgehead atoms. The molecular formula is C25H26ClFN2O2. The molecule has 1 N–H and O–H groups in total. The number of carbonyl (C=O) groups is 1.